The van der Waals surface area contributed by atoms with Crippen LogP contribution in [0.1, 0.15) is 18.9 Å². The average molecular weight is 288 g/mol. The minimum atomic E-state index is -0.509. The zero-order valence-corrected chi connectivity index (χ0v) is 11.8. The summed E-state index contributed by atoms with van der Waals surface area (Å²) in [5.74, 6) is 0.0426. The van der Waals surface area contributed by atoms with Crippen LogP contribution in [0.15, 0.2) is 18.2 Å². The summed E-state index contributed by atoms with van der Waals surface area (Å²) in [5.41, 5.74) is 0.893. The van der Waals surface area contributed by atoms with E-state index in [9.17, 15) is 20.2 Å². The minimum Gasteiger partial charge on any atom is -0.369 e. The summed E-state index contributed by atoms with van der Waals surface area (Å²) in [5, 5.41) is 20.0. The maximum atomic E-state index is 11.4. The third-order valence-electron chi connectivity index (χ3n) is 3.59. The van der Waals surface area contributed by atoms with Crippen molar-refractivity contribution in [1.29, 1.82) is 5.26 Å². The molecule has 21 heavy (non-hydrogen) atoms. The van der Waals surface area contributed by atoms with Gasteiger partial charge < -0.3 is 9.80 Å². The first-order valence-electron chi connectivity index (χ1n) is 6.72. The number of nitro groups is 1. The van der Waals surface area contributed by atoms with E-state index >= 15 is 0 Å². The first-order valence-corrected chi connectivity index (χ1v) is 6.72. The van der Waals surface area contributed by atoms with Gasteiger partial charge in [0.2, 0.25) is 5.91 Å². The van der Waals surface area contributed by atoms with Crippen LogP contribution in [0.5, 0.6) is 0 Å². The van der Waals surface area contributed by atoms with Crippen LogP contribution in [-0.2, 0) is 4.79 Å². The Kier molecular flexibility index (Phi) is 4.38. The molecule has 1 aliphatic rings. The van der Waals surface area contributed by atoms with Gasteiger partial charge in [-0.05, 0) is 12.5 Å². The van der Waals surface area contributed by atoms with Crippen molar-refractivity contribution >= 4 is 17.3 Å². The van der Waals surface area contributed by atoms with Crippen LogP contribution in [0.2, 0.25) is 0 Å². The van der Waals surface area contributed by atoms with Gasteiger partial charge >= 0.3 is 0 Å². The van der Waals surface area contributed by atoms with E-state index in [1.54, 1.807) is 17.9 Å². The van der Waals surface area contributed by atoms with Crippen LogP contribution in [0, 0.1) is 21.4 Å². The monoisotopic (exact) mass is 288 g/mol. The number of nitriles is 1. The summed E-state index contributed by atoms with van der Waals surface area (Å²) in [4.78, 5) is 25.5. The predicted molar refractivity (Wildman–Crippen MR) is 76.9 cm³/mol. The van der Waals surface area contributed by atoms with Crippen molar-refractivity contribution in [3.05, 3.63) is 33.9 Å². The second kappa shape index (κ2) is 6.22. The molecule has 1 saturated heterocycles. The predicted octanol–water partition coefficient (Wildman–Crippen LogP) is 1.53. The van der Waals surface area contributed by atoms with Crippen LogP contribution in [0.4, 0.5) is 11.4 Å². The maximum Gasteiger partial charge on any atom is 0.270 e. The van der Waals surface area contributed by atoms with Crippen LogP contribution >= 0.6 is 0 Å². The molecule has 0 N–H and O–H groups in total. The normalized spacial score (nSPS) is 15.2. The molecule has 0 aromatic heterocycles. The second-order valence-electron chi connectivity index (χ2n) is 4.92. The SMILES string of the molecule is CC(=O)N1CCCN(c2ccc([N+](=O)[O-])cc2C#N)CC1. The fourth-order valence-corrected chi connectivity index (χ4v) is 2.48. The number of amides is 1. The molecular formula is C14H16N4O3. The number of hydrogen-bond acceptors (Lipinski definition) is 5. The Morgan fingerprint density at radius 2 is 2.10 bits per heavy atom. The number of hydrogen-bond donors (Lipinski definition) is 0. The Hall–Kier alpha value is -2.62. The molecule has 7 nitrogen and oxygen atoms in total. The van der Waals surface area contributed by atoms with Crippen molar-refractivity contribution in [2.24, 2.45) is 0 Å². The Morgan fingerprint density at radius 3 is 2.71 bits per heavy atom. The van der Waals surface area contributed by atoms with E-state index in [2.05, 4.69) is 0 Å². The molecule has 1 aromatic carbocycles. The molecule has 1 fully saturated rings. The Morgan fingerprint density at radius 1 is 1.33 bits per heavy atom. The smallest absolute Gasteiger partial charge is 0.270 e. The summed E-state index contributed by atoms with van der Waals surface area (Å²) in [6.07, 6.45) is 0.807. The molecule has 1 aliphatic heterocycles. The first-order chi connectivity index (χ1) is 10.0. The van der Waals surface area contributed by atoms with Crippen molar-refractivity contribution in [3.63, 3.8) is 0 Å². The number of nitro benzene ring substituents is 1. The van der Waals surface area contributed by atoms with Crippen molar-refractivity contribution in [3.8, 4) is 6.07 Å². The van der Waals surface area contributed by atoms with Gasteiger partial charge in [-0.15, -0.1) is 0 Å². The van der Waals surface area contributed by atoms with Crippen molar-refractivity contribution in [1.82, 2.24) is 4.90 Å². The quantitative estimate of drug-likeness (QED) is 0.608. The summed E-state index contributed by atoms with van der Waals surface area (Å²) >= 11 is 0. The Balaban J connectivity index is 2.24. The third kappa shape index (κ3) is 3.28. The molecule has 0 atom stereocenters. The standard InChI is InChI=1S/C14H16N4O3/c1-11(19)16-5-2-6-17(8-7-16)14-4-3-13(18(20)21)9-12(14)10-15/h3-4,9H,2,5-8H2,1H3. The molecule has 7 heteroatoms. The van der Waals surface area contributed by atoms with Gasteiger partial charge in [0.25, 0.3) is 5.69 Å². The fourth-order valence-electron chi connectivity index (χ4n) is 2.48. The number of rotatable bonds is 2. The number of nitrogens with zero attached hydrogens (tertiary/aromatic N) is 4. The van der Waals surface area contributed by atoms with E-state index in [1.165, 1.54) is 12.1 Å². The van der Waals surface area contributed by atoms with Gasteiger partial charge in [0.15, 0.2) is 0 Å². The van der Waals surface area contributed by atoms with Crippen molar-refractivity contribution in [2.45, 2.75) is 13.3 Å². The summed E-state index contributed by atoms with van der Waals surface area (Å²) < 4.78 is 0. The van der Waals surface area contributed by atoms with Crippen molar-refractivity contribution in [2.75, 3.05) is 31.1 Å². The van der Waals surface area contributed by atoms with Gasteiger partial charge in [0.05, 0.1) is 16.2 Å². The molecule has 0 bridgehead atoms. The molecule has 2 rings (SSSR count). The number of benzene rings is 1. The number of anilines is 1. The highest BCUT2D eigenvalue weighted by Gasteiger charge is 2.20. The van der Waals surface area contributed by atoms with Gasteiger partial charge in [-0.2, -0.15) is 5.26 Å². The number of non-ortho nitro benzene ring substituents is 1. The fraction of sp³-hybridized carbons (Fsp3) is 0.429. The lowest BCUT2D eigenvalue weighted by atomic mass is 10.1. The molecular weight excluding hydrogens is 272 g/mol. The summed E-state index contributed by atoms with van der Waals surface area (Å²) in [7, 11) is 0. The van der Waals surface area contributed by atoms with Gasteiger partial charge in [-0.25, -0.2) is 0 Å². The van der Waals surface area contributed by atoms with E-state index in [1.807, 2.05) is 11.0 Å². The van der Waals surface area contributed by atoms with E-state index in [0.29, 0.717) is 30.9 Å². The van der Waals surface area contributed by atoms with Crippen LogP contribution in [-0.4, -0.2) is 41.9 Å². The topological polar surface area (TPSA) is 90.5 Å². The lowest BCUT2D eigenvalue weighted by molar-refractivity contribution is -0.384. The highest BCUT2D eigenvalue weighted by molar-refractivity contribution is 5.73. The summed E-state index contributed by atoms with van der Waals surface area (Å²) in [6, 6.07) is 6.33. The molecule has 1 aromatic rings. The molecule has 110 valence electrons. The molecule has 0 radical (unpaired) electrons. The first kappa shape index (κ1) is 14.8. The zero-order chi connectivity index (χ0) is 15.4. The molecule has 0 unspecified atom stereocenters. The van der Waals surface area contributed by atoms with Crippen molar-refractivity contribution < 1.29 is 9.72 Å². The molecule has 1 amide bonds. The van der Waals surface area contributed by atoms with E-state index in [0.717, 1.165) is 13.0 Å². The Labute approximate surface area is 122 Å². The average Bonchev–Trinajstić information content (AvgIpc) is 2.72. The van der Waals surface area contributed by atoms with Gasteiger partial charge in [-0.1, -0.05) is 0 Å². The lowest BCUT2D eigenvalue weighted by Gasteiger charge is -2.24. The van der Waals surface area contributed by atoms with E-state index in [4.69, 9.17) is 0 Å². The van der Waals surface area contributed by atoms with E-state index in [-0.39, 0.29) is 11.6 Å². The van der Waals surface area contributed by atoms with Crippen LogP contribution in [0.3, 0.4) is 0 Å². The van der Waals surface area contributed by atoms with Gasteiger partial charge in [0.1, 0.15) is 6.07 Å². The highest BCUT2D eigenvalue weighted by Crippen LogP contribution is 2.25. The number of carbonyl (C=O) groups excluding carboxylic acids is 1. The molecule has 0 spiro atoms. The maximum absolute atomic E-state index is 11.4. The molecule has 0 aliphatic carbocycles. The zero-order valence-electron chi connectivity index (χ0n) is 11.8. The van der Waals surface area contributed by atoms with Crippen LogP contribution in [0.25, 0.3) is 0 Å². The van der Waals surface area contributed by atoms with E-state index < -0.39 is 4.92 Å². The molecule has 0 saturated carbocycles. The molecule has 1 heterocycles. The van der Waals surface area contributed by atoms with Gasteiger partial charge in [0, 0.05) is 45.2 Å². The lowest BCUT2D eigenvalue weighted by Crippen LogP contribution is -2.33. The summed E-state index contributed by atoms with van der Waals surface area (Å²) in [6.45, 7) is 4.17. The Bertz CT molecular complexity index is 609. The largest absolute Gasteiger partial charge is 0.369 e. The second-order valence-corrected chi connectivity index (χ2v) is 4.92. The minimum absolute atomic E-state index is 0.0426. The van der Waals surface area contributed by atoms with Gasteiger partial charge in [-0.3, -0.25) is 14.9 Å². The number of carbonyl (C=O) groups is 1. The van der Waals surface area contributed by atoms with Crippen LogP contribution < -0.4 is 4.90 Å². The third-order valence-corrected chi connectivity index (χ3v) is 3.59. The highest BCUT2D eigenvalue weighted by atomic mass is 16.6.